The maximum atomic E-state index is 13.2. The van der Waals surface area contributed by atoms with Gasteiger partial charge in [-0.3, -0.25) is 20.2 Å². The molecule has 3 rings (SSSR count). The molecule has 0 aliphatic rings. The third kappa shape index (κ3) is 2.88. The highest BCUT2D eigenvalue weighted by Crippen LogP contribution is 2.28. The van der Waals surface area contributed by atoms with Crippen molar-refractivity contribution in [2.45, 2.75) is 6.92 Å². The fraction of sp³-hybridized carbons (Fsp3) is 0.0667. The number of fused-ring (bicyclic) bond motifs is 1. The molecule has 2 aromatic carbocycles. The number of nitro groups is 1. The summed E-state index contributed by atoms with van der Waals surface area (Å²) >= 11 is 1.13. The molecule has 0 aliphatic carbocycles. The second-order valence-corrected chi connectivity index (χ2v) is 5.82. The summed E-state index contributed by atoms with van der Waals surface area (Å²) in [6, 6.07) is 8.44. The van der Waals surface area contributed by atoms with E-state index in [0.29, 0.717) is 15.3 Å². The number of aromatic nitrogens is 1. The quantitative estimate of drug-likeness (QED) is 0.582. The second-order valence-electron chi connectivity index (χ2n) is 4.79. The summed E-state index contributed by atoms with van der Waals surface area (Å²) in [6.07, 6.45) is 0. The molecule has 1 heterocycles. The van der Waals surface area contributed by atoms with Crippen LogP contribution in [0.1, 0.15) is 15.9 Å². The van der Waals surface area contributed by atoms with E-state index in [2.05, 4.69) is 10.3 Å². The second kappa shape index (κ2) is 5.73. The molecule has 0 radical (unpaired) electrons. The highest BCUT2D eigenvalue weighted by molar-refractivity contribution is 7.22. The number of carbonyl (C=O) groups is 1. The Labute approximate surface area is 133 Å². The predicted molar refractivity (Wildman–Crippen MR) is 85.4 cm³/mol. The van der Waals surface area contributed by atoms with Crippen LogP contribution in [0.4, 0.5) is 15.2 Å². The minimum Gasteiger partial charge on any atom is -0.298 e. The van der Waals surface area contributed by atoms with E-state index in [9.17, 15) is 19.3 Å². The van der Waals surface area contributed by atoms with Crippen LogP contribution in [-0.2, 0) is 0 Å². The van der Waals surface area contributed by atoms with E-state index >= 15 is 0 Å². The van der Waals surface area contributed by atoms with Crippen molar-refractivity contribution >= 4 is 38.3 Å². The van der Waals surface area contributed by atoms with Crippen molar-refractivity contribution in [3.05, 3.63) is 63.5 Å². The van der Waals surface area contributed by atoms with E-state index in [1.54, 1.807) is 0 Å². The zero-order chi connectivity index (χ0) is 16.6. The molecule has 3 aromatic rings. The molecule has 0 fully saturated rings. The fourth-order valence-corrected chi connectivity index (χ4v) is 3.07. The molecular weight excluding hydrogens is 321 g/mol. The largest absolute Gasteiger partial charge is 0.298 e. The summed E-state index contributed by atoms with van der Waals surface area (Å²) in [5.74, 6) is -0.876. The summed E-state index contributed by atoms with van der Waals surface area (Å²) in [5, 5.41) is 13.8. The Morgan fingerprint density at radius 1 is 1.35 bits per heavy atom. The molecule has 8 heteroatoms. The van der Waals surface area contributed by atoms with Gasteiger partial charge in [-0.1, -0.05) is 17.4 Å². The first kappa shape index (κ1) is 15.0. The fourth-order valence-electron chi connectivity index (χ4n) is 2.18. The number of nitrogens with zero attached hydrogens (tertiary/aromatic N) is 2. The highest BCUT2D eigenvalue weighted by Gasteiger charge is 2.19. The van der Waals surface area contributed by atoms with Crippen LogP contribution in [0.15, 0.2) is 36.4 Å². The smallest absolute Gasteiger partial charge is 0.273 e. The Morgan fingerprint density at radius 2 is 2.13 bits per heavy atom. The number of hydrogen-bond acceptors (Lipinski definition) is 5. The van der Waals surface area contributed by atoms with Gasteiger partial charge in [-0.25, -0.2) is 9.37 Å². The van der Waals surface area contributed by atoms with Gasteiger partial charge in [-0.15, -0.1) is 0 Å². The van der Waals surface area contributed by atoms with Crippen molar-refractivity contribution in [1.82, 2.24) is 4.98 Å². The number of halogens is 1. The van der Waals surface area contributed by atoms with Gasteiger partial charge in [0.25, 0.3) is 11.6 Å². The number of rotatable bonds is 3. The first-order valence-electron chi connectivity index (χ1n) is 6.57. The lowest BCUT2D eigenvalue weighted by Gasteiger charge is -2.05. The zero-order valence-electron chi connectivity index (χ0n) is 11.9. The van der Waals surface area contributed by atoms with Crippen LogP contribution in [0.3, 0.4) is 0 Å². The van der Waals surface area contributed by atoms with Crippen LogP contribution in [0.2, 0.25) is 0 Å². The molecule has 0 unspecified atom stereocenters. The topological polar surface area (TPSA) is 85.1 Å². The van der Waals surface area contributed by atoms with Crippen LogP contribution in [-0.4, -0.2) is 15.8 Å². The van der Waals surface area contributed by atoms with Crippen LogP contribution < -0.4 is 5.32 Å². The molecule has 1 amide bonds. The van der Waals surface area contributed by atoms with Gasteiger partial charge >= 0.3 is 0 Å². The number of thiazole rings is 1. The van der Waals surface area contributed by atoms with Crippen molar-refractivity contribution in [1.29, 1.82) is 0 Å². The minimum absolute atomic E-state index is 0.121. The summed E-state index contributed by atoms with van der Waals surface area (Å²) in [4.78, 5) is 26.9. The van der Waals surface area contributed by atoms with Crippen molar-refractivity contribution in [3.8, 4) is 0 Å². The van der Waals surface area contributed by atoms with E-state index < -0.39 is 10.8 Å². The van der Waals surface area contributed by atoms with Gasteiger partial charge < -0.3 is 0 Å². The summed E-state index contributed by atoms with van der Waals surface area (Å²) in [5.41, 5.74) is 0.929. The van der Waals surface area contributed by atoms with Crippen LogP contribution in [0.25, 0.3) is 10.2 Å². The van der Waals surface area contributed by atoms with E-state index in [4.69, 9.17) is 0 Å². The predicted octanol–water partition coefficient (Wildman–Crippen LogP) is 3.90. The highest BCUT2D eigenvalue weighted by atomic mass is 32.1. The standard InChI is InChI=1S/C15H10FN3O3S/c1-8-10(3-2-4-12(8)19(21)22)14(20)18-15-17-11-6-5-9(16)7-13(11)23-15/h2-7H,1H3,(H,17,18,20). The zero-order valence-corrected chi connectivity index (χ0v) is 12.7. The average molecular weight is 331 g/mol. The summed E-state index contributed by atoms with van der Waals surface area (Å²) in [7, 11) is 0. The maximum absolute atomic E-state index is 13.2. The normalized spacial score (nSPS) is 10.7. The Balaban J connectivity index is 1.91. The van der Waals surface area contributed by atoms with Crippen molar-refractivity contribution in [3.63, 3.8) is 0 Å². The summed E-state index contributed by atoms with van der Waals surface area (Å²) < 4.78 is 13.8. The average Bonchev–Trinajstić information content (AvgIpc) is 2.88. The molecule has 1 N–H and O–H groups in total. The van der Waals surface area contributed by atoms with Crippen LogP contribution >= 0.6 is 11.3 Å². The number of benzene rings is 2. The number of carbonyl (C=O) groups excluding carboxylic acids is 1. The van der Waals surface area contributed by atoms with Gasteiger partial charge in [-0.05, 0) is 31.2 Å². The van der Waals surface area contributed by atoms with Gasteiger partial charge in [0.15, 0.2) is 5.13 Å². The Hall–Kier alpha value is -2.87. The lowest BCUT2D eigenvalue weighted by atomic mass is 10.1. The van der Waals surface area contributed by atoms with E-state index in [0.717, 1.165) is 11.3 Å². The van der Waals surface area contributed by atoms with Gasteiger partial charge in [-0.2, -0.15) is 0 Å². The molecule has 23 heavy (non-hydrogen) atoms. The van der Waals surface area contributed by atoms with Gasteiger partial charge in [0.1, 0.15) is 5.82 Å². The van der Waals surface area contributed by atoms with Gasteiger partial charge in [0, 0.05) is 17.2 Å². The molecule has 116 valence electrons. The molecule has 0 saturated heterocycles. The minimum atomic E-state index is -0.535. The SMILES string of the molecule is Cc1c(C(=O)Nc2nc3ccc(F)cc3s2)cccc1[N+](=O)[O-]. The first-order chi connectivity index (χ1) is 11.0. The lowest BCUT2D eigenvalue weighted by molar-refractivity contribution is -0.385. The van der Waals surface area contributed by atoms with Gasteiger partial charge in [0.2, 0.25) is 0 Å². The molecular formula is C15H10FN3O3S. The first-order valence-corrected chi connectivity index (χ1v) is 7.39. The van der Waals surface area contributed by atoms with E-state index in [1.807, 2.05) is 0 Å². The molecule has 0 bridgehead atoms. The summed E-state index contributed by atoms with van der Waals surface area (Å²) in [6.45, 7) is 1.51. The van der Waals surface area contributed by atoms with Crippen molar-refractivity contribution < 1.29 is 14.1 Å². The number of anilines is 1. The lowest BCUT2D eigenvalue weighted by Crippen LogP contribution is -2.13. The van der Waals surface area contributed by atoms with E-state index in [-0.39, 0.29) is 22.6 Å². The molecule has 0 aliphatic heterocycles. The van der Waals surface area contributed by atoms with Crippen molar-refractivity contribution in [2.75, 3.05) is 5.32 Å². The van der Waals surface area contributed by atoms with Crippen LogP contribution in [0, 0.1) is 22.9 Å². The molecule has 0 spiro atoms. The van der Waals surface area contributed by atoms with Gasteiger partial charge in [0.05, 0.1) is 15.1 Å². The molecule has 6 nitrogen and oxygen atoms in total. The number of nitrogens with one attached hydrogen (secondary N) is 1. The third-order valence-electron chi connectivity index (χ3n) is 3.32. The third-order valence-corrected chi connectivity index (χ3v) is 4.25. The van der Waals surface area contributed by atoms with Crippen molar-refractivity contribution in [2.24, 2.45) is 0 Å². The maximum Gasteiger partial charge on any atom is 0.273 e. The number of nitro benzene ring substituents is 1. The molecule has 1 aromatic heterocycles. The molecule has 0 saturated carbocycles. The van der Waals surface area contributed by atoms with Crippen LogP contribution in [0.5, 0.6) is 0 Å². The number of hydrogen-bond donors (Lipinski definition) is 1. The Bertz CT molecular complexity index is 939. The Morgan fingerprint density at radius 3 is 2.87 bits per heavy atom. The molecule has 0 atom stereocenters. The Kier molecular flexibility index (Phi) is 3.75. The number of amides is 1. The van der Waals surface area contributed by atoms with E-state index in [1.165, 1.54) is 43.3 Å². The monoisotopic (exact) mass is 331 g/mol.